The second kappa shape index (κ2) is 7.88. The molecule has 2 atom stereocenters. The predicted octanol–water partition coefficient (Wildman–Crippen LogP) is -0.0457. The smallest absolute Gasteiger partial charge is 0.315 e. The molecule has 0 aromatic heterocycles. The van der Waals surface area contributed by atoms with Gasteiger partial charge in [-0.25, -0.2) is 4.79 Å². The third-order valence-corrected chi connectivity index (χ3v) is 2.56. The molecule has 0 saturated carbocycles. The zero-order valence-electron chi connectivity index (χ0n) is 10.5. The Morgan fingerprint density at radius 3 is 2.89 bits per heavy atom. The number of amides is 2. The minimum absolute atomic E-state index is 0.0371. The van der Waals surface area contributed by atoms with Crippen molar-refractivity contribution in [3.05, 3.63) is 0 Å². The summed E-state index contributed by atoms with van der Waals surface area (Å²) in [6.45, 7) is 3.56. The van der Waals surface area contributed by atoms with Gasteiger partial charge in [-0.3, -0.25) is 4.79 Å². The van der Waals surface area contributed by atoms with Crippen molar-refractivity contribution in [2.45, 2.75) is 31.9 Å². The van der Waals surface area contributed by atoms with E-state index in [4.69, 9.17) is 14.6 Å². The lowest BCUT2D eigenvalue weighted by Gasteiger charge is -2.17. The van der Waals surface area contributed by atoms with Crippen LogP contribution >= 0.6 is 0 Å². The molecular formula is C11H20N2O5. The standard InChI is InChI=1S/C11H20N2O5/c1-2-18-9(5-10(14)15)6-12-11(16)13-8-3-4-17-7-8/h8-9H,2-7H2,1H3,(H,14,15)(H2,12,13,16). The predicted molar refractivity (Wildman–Crippen MR) is 63.4 cm³/mol. The Morgan fingerprint density at radius 2 is 2.33 bits per heavy atom. The molecule has 0 aromatic carbocycles. The highest BCUT2D eigenvalue weighted by Gasteiger charge is 2.19. The molecule has 0 aromatic rings. The van der Waals surface area contributed by atoms with Crippen LogP contribution in [-0.2, 0) is 14.3 Å². The van der Waals surface area contributed by atoms with Gasteiger partial charge in [0.15, 0.2) is 0 Å². The summed E-state index contributed by atoms with van der Waals surface area (Å²) in [5.41, 5.74) is 0. The van der Waals surface area contributed by atoms with Gasteiger partial charge >= 0.3 is 12.0 Å². The van der Waals surface area contributed by atoms with Gasteiger partial charge in [-0.05, 0) is 13.3 Å². The molecule has 3 N–H and O–H groups in total. The maximum absolute atomic E-state index is 11.5. The van der Waals surface area contributed by atoms with Gasteiger partial charge in [0.25, 0.3) is 0 Å². The third kappa shape index (κ3) is 5.83. The van der Waals surface area contributed by atoms with Crippen molar-refractivity contribution in [3.8, 4) is 0 Å². The first kappa shape index (κ1) is 14.7. The van der Waals surface area contributed by atoms with E-state index in [1.54, 1.807) is 6.92 Å². The Kier molecular flexibility index (Phi) is 6.45. The van der Waals surface area contributed by atoms with Crippen molar-refractivity contribution in [1.82, 2.24) is 10.6 Å². The maximum Gasteiger partial charge on any atom is 0.315 e. The highest BCUT2D eigenvalue weighted by molar-refractivity contribution is 5.74. The second-order valence-electron chi connectivity index (χ2n) is 4.09. The number of hydrogen-bond donors (Lipinski definition) is 3. The minimum atomic E-state index is -0.945. The molecule has 2 unspecified atom stereocenters. The largest absolute Gasteiger partial charge is 0.481 e. The van der Waals surface area contributed by atoms with E-state index in [0.717, 1.165) is 6.42 Å². The molecule has 0 bridgehead atoms. The van der Waals surface area contributed by atoms with Gasteiger partial charge in [0.1, 0.15) is 0 Å². The van der Waals surface area contributed by atoms with E-state index in [-0.39, 0.29) is 25.0 Å². The van der Waals surface area contributed by atoms with Gasteiger partial charge in [0, 0.05) is 19.8 Å². The molecular weight excluding hydrogens is 240 g/mol. The molecule has 1 heterocycles. The normalized spacial score (nSPS) is 20.4. The van der Waals surface area contributed by atoms with Crippen LogP contribution in [0.4, 0.5) is 4.79 Å². The molecule has 0 aliphatic carbocycles. The van der Waals surface area contributed by atoms with Crippen LogP contribution < -0.4 is 10.6 Å². The summed E-state index contributed by atoms with van der Waals surface area (Å²) in [6.07, 6.45) is 0.177. The first-order valence-corrected chi connectivity index (χ1v) is 6.07. The summed E-state index contributed by atoms with van der Waals surface area (Å²) >= 11 is 0. The number of ether oxygens (including phenoxy) is 2. The van der Waals surface area contributed by atoms with Gasteiger partial charge in [0.2, 0.25) is 0 Å². The van der Waals surface area contributed by atoms with Crippen LogP contribution in [-0.4, -0.2) is 55.6 Å². The number of rotatable bonds is 7. The highest BCUT2D eigenvalue weighted by atomic mass is 16.5. The van der Waals surface area contributed by atoms with E-state index in [9.17, 15) is 9.59 Å². The second-order valence-corrected chi connectivity index (χ2v) is 4.09. The van der Waals surface area contributed by atoms with Crippen LogP contribution in [0, 0.1) is 0 Å². The summed E-state index contributed by atoms with van der Waals surface area (Å²) < 4.78 is 10.4. The molecule has 104 valence electrons. The molecule has 7 heteroatoms. The Balaban J connectivity index is 2.22. The van der Waals surface area contributed by atoms with Crippen molar-refractivity contribution in [3.63, 3.8) is 0 Å². The zero-order chi connectivity index (χ0) is 13.4. The summed E-state index contributed by atoms with van der Waals surface area (Å²) in [7, 11) is 0. The average Bonchev–Trinajstić information content (AvgIpc) is 2.78. The van der Waals surface area contributed by atoms with Crippen molar-refractivity contribution >= 4 is 12.0 Å². The van der Waals surface area contributed by atoms with Crippen LogP contribution in [0.15, 0.2) is 0 Å². The number of aliphatic carboxylic acids is 1. The quantitative estimate of drug-likeness (QED) is 0.596. The fraction of sp³-hybridized carbons (Fsp3) is 0.818. The SMILES string of the molecule is CCOC(CNC(=O)NC1CCOC1)CC(=O)O. The topological polar surface area (TPSA) is 96.9 Å². The van der Waals surface area contributed by atoms with Gasteiger partial charge < -0.3 is 25.2 Å². The summed E-state index contributed by atoms with van der Waals surface area (Å²) in [6, 6.07) is -0.282. The number of urea groups is 1. The number of nitrogens with one attached hydrogen (secondary N) is 2. The first-order chi connectivity index (χ1) is 8.61. The first-order valence-electron chi connectivity index (χ1n) is 6.07. The molecule has 1 saturated heterocycles. The van der Waals surface area contributed by atoms with E-state index in [2.05, 4.69) is 10.6 Å². The number of carbonyl (C=O) groups is 2. The van der Waals surface area contributed by atoms with Crippen LogP contribution in [0.2, 0.25) is 0 Å². The minimum Gasteiger partial charge on any atom is -0.481 e. The van der Waals surface area contributed by atoms with Gasteiger partial charge in [-0.1, -0.05) is 0 Å². The van der Waals surface area contributed by atoms with E-state index >= 15 is 0 Å². The van der Waals surface area contributed by atoms with E-state index in [1.165, 1.54) is 0 Å². The summed E-state index contributed by atoms with van der Waals surface area (Å²) in [5.74, 6) is -0.945. The number of hydrogen-bond acceptors (Lipinski definition) is 4. The zero-order valence-corrected chi connectivity index (χ0v) is 10.5. The Labute approximate surface area is 106 Å². The van der Waals surface area contributed by atoms with Crippen molar-refractivity contribution < 1.29 is 24.2 Å². The van der Waals surface area contributed by atoms with Gasteiger partial charge in [0.05, 0.1) is 25.2 Å². The van der Waals surface area contributed by atoms with Gasteiger partial charge in [-0.15, -0.1) is 0 Å². The number of carboxylic acid groups (broad SMARTS) is 1. The lowest BCUT2D eigenvalue weighted by Crippen LogP contribution is -2.45. The van der Waals surface area contributed by atoms with Crippen molar-refractivity contribution in [2.24, 2.45) is 0 Å². The molecule has 2 amide bonds. The van der Waals surface area contributed by atoms with Crippen LogP contribution in [0.1, 0.15) is 19.8 Å². The average molecular weight is 260 g/mol. The molecule has 18 heavy (non-hydrogen) atoms. The number of carbonyl (C=O) groups excluding carboxylic acids is 1. The van der Waals surface area contributed by atoms with E-state index in [0.29, 0.717) is 19.8 Å². The Hall–Kier alpha value is -1.34. The molecule has 7 nitrogen and oxygen atoms in total. The lowest BCUT2D eigenvalue weighted by atomic mass is 10.2. The third-order valence-electron chi connectivity index (χ3n) is 2.56. The van der Waals surface area contributed by atoms with Crippen LogP contribution in [0.5, 0.6) is 0 Å². The van der Waals surface area contributed by atoms with Crippen LogP contribution in [0.3, 0.4) is 0 Å². The van der Waals surface area contributed by atoms with E-state index < -0.39 is 12.1 Å². The maximum atomic E-state index is 11.5. The molecule has 1 fully saturated rings. The summed E-state index contributed by atoms with van der Waals surface area (Å²) in [5, 5.41) is 14.0. The van der Waals surface area contributed by atoms with E-state index in [1.807, 2.05) is 0 Å². The van der Waals surface area contributed by atoms with Crippen molar-refractivity contribution in [2.75, 3.05) is 26.4 Å². The Bertz CT molecular complexity index is 279. The molecule has 1 rings (SSSR count). The molecule has 0 spiro atoms. The fourth-order valence-electron chi connectivity index (χ4n) is 1.71. The summed E-state index contributed by atoms with van der Waals surface area (Å²) in [4.78, 5) is 22.1. The fourth-order valence-corrected chi connectivity index (χ4v) is 1.71. The molecule has 1 aliphatic rings. The Morgan fingerprint density at radius 1 is 1.56 bits per heavy atom. The number of carboxylic acids is 1. The van der Waals surface area contributed by atoms with Crippen LogP contribution in [0.25, 0.3) is 0 Å². The monoisotopic (exact) mass is 260 g/mol. The van der Waals surface area contributed by atoms with Crippen molar-refractivity contribution in [1.29, 1.82) is 0 Å². The molecule has 1 aliphatic heterocycles. The highest BCUT2D eigenvalue weighted by Crippen LogP contribution is 2.03. The van der Waals surface area contributed by atoms with Gasteiger partial charge in [-0.2, -0.15) is 0 Å². The molecule has 0 radical (unpaired) electrons. The lowest BCUT2D eigenvalue weighted by molar-refractivity contribution is -0.140.